The Kier molecular flexibility index (Phi) is 6.21. The van der Waals surface area contributed by atoms with Crippen LogP contribution in [0.1, 0.15) is 37.1 Å². The van der Waals surface area contributed by atoms with Crippen LogP contribution in [0.3, 0.4) is 0 Å². The molecule has 0 saturated heterocycles. The van der Waals surface area contributed by atoms with Crippen LogP contribution in [-0.4, -0.2) is 32.2 Å². The molecule has 0 unspecified atom stereocenters. The molecule has 0 bridgehead atoms. The van der Waals surface area contributed by atoms with Gasteiger partial charge in [0.2, 0.25) is 5.91 Å². The van der Waals surface area contributed by atoms with Gasteiger partial charge in [-0.25, -0.2) is 9.67 Å². The number of aromatic nitrogens is 4. The number of fused-ring (bicyclic) bond motifs is 1. The Morgan fingerprint density at radius 2 is 1.81 bits per heavy atom. The Hall–Kier alpha value is -3.74. The monoisotopic (exact) mass is 415 g/mol. The lowest BCUT2D eigenvalue weighted by Crippen LogP contribution is -2.28. The number of amides is 1. The standard InChI is InChI=1S/C24H25N5O2/c1-2-17(18-9-5-3-6-10-18)15-25-22(30)14-13-21-27-23-20(24(31)28-21)16-26-29(23)19-11-7-4-8-12-19/h3-12,16-17H,2,13-15H2,1H3,(H,25,30)(H,27,28,31)/t17-/m0/s1. The molecule has 1 atom stereocenters. The van der Waals surface area contributed by atoms with E-state index in [4.69, 9.17) is 0 Å². The number of aryl methyl sites for hydroxylation is 1. The molecule has 0 radical (unpaired) electrons. The van der Waals surface area contributed by atoms with E-state index in [1.807, 2.05) is 48.5 Å². The highest BCUT2D eigenvalue weighted by molar-refractivity contribution is 5.77. The molecule has 158 valence electrons. The van der Waals surface area contributed by atoms with E-state index in [0.29, 0.717) is 29.8 Å². The van der Waals surface area contributed by atoms with Gasteiger partial charge in [-0.05, 0) is 24.1 Å². The average Bonchev–Trinajstić information content (AvgIpc) is 3.24. The van der Waals surface area contributed by atoms with Crippen molar-refractivity contribution in [3.05, 3.63) is 88.6 Å². The van der Waals surface area contributed by atoms with Crippen molar-refractivity contribution in [2.24, 2.45) is 0 Å². The van der Waals surface area contributed by atoms with E-state index in [1.165, 1.54) is 11.8 Å². The maximum absolute atomic E-state index is 12.5. The minimum atomic E-state index is -0.252. The van der Waals surface area contributed by atoms with Gasteiger partial charge in [0.25, 0.3) is 5.56 Å². The number of carbonyl (C=O) groups is 1. The first-order valence-corrected chi connectivity index (χ1v) is 10.5. The highest BCUT2D eigenvalue weighted by Gasteiger charge is 2.14. The van der Waals surface area contributed by atoms with E-state index in [1.54, 1.807) is 4.68 Å². The zero-order valence-corrected chi connectivity index (χ0v) is 17.4. The quantitative estimate of drug-likeness (QED) is 0.462. The van der Waals surface area contributed by atoms with E-state index in [0.717, 1.165) is 12.1 Å². The molecule has 4 rings (SSSR count). The number of rotatable bonds is 8. The maximum Gasteiger partial charge on any atom is 0.262 e. The third-order valence-corrected chi connectivity index (χ3v) is 5.39. The zero-order chi connectivity index (χ0) is 21.6. The normalized spacial score (nSPS) is 12.0. The summed E-state index contributed by atoms with van der Waals surface area (Å²) < 4.78 is 1.64. The first-order valence-electron chi connectivity index (χ1n) is 10.5. The van der Waals surface area contributed by atoms with Gasteiger partial charge in [0, 0.05) is 25.3 Å². The van der Waals surface area contributed by atoms with E-state index < -0.39 is 0 Å². The Morgan fingerprint density at radius 3 is 2.52 bits per heavy atom. The largest absolute Gasteiger partial charge is 0.355 e. The van der Waals surface area contributed by atoms with Crippen LogP contribution in [0.25, 0.3) is 16.7 Å². The number of nitrogens with one attached hydrogen (secondary N) is 2. The van der Waals surface area contributed by atoms with E-state index in [9.17, 15) is 9.59 Å². The average molecular weight is 415 g/mol. The lowest BCUT2D eigenvalue weighted by Gasteiger charge is -2.16. The summed E-state index contributed by atoms with van der Waals surface area (Å²) in [7, 11) is 0. The number of hydrogen-bond donors (Lipinski definition) is 2. The number of aromatic amines is 1. The van der Waals surface area contributed by atoms with Gasteiger partial charge in [-0.2, -0.15) is 5.10 Å². The number of benzene rings is 2. The van der Waals surface area contributed by atoms with Crippen molar-refractivity contribution in [1.82, 2.24) is 25.1 Å². The van der Waals surface area contributed by atoms with Gasteiger partial charge < -0.3 is 10.3 Å². The van der Waals surface area contributed by atoms with E-state index >= 15 is 0 Å². The first kappa shape index (κ1) is 20.5. The molecule has 0 aliphatic carbocycles. The highest BCUT2D eigenvalue weighted by atomic mass is 16.1. The van der Waals surface area contributed by atoms with Crippen LogP contribution < -0.4 is 10.9 Å². The zero-order valence-electron chi connectivity index (χ0n) is 17.4. The van der Waals surface area contributed by atoms with Gasteiger partial charge in [0.05, 0.1) is 11.9 Å². The van der Waals surface area contributed by atoms with E-state index in [2.05, 4.69) is 39.4 Å². The van der Waals surface area contributed by atoms with Crippen molar-refractivity contribution in [3.8, 4) is 5.69 Å². The number of carbonyl (C=O) groups excluding carboxylic acids is 1. The maximum atomic E-state index is 12.5. The summed E-state index contributed by atoms with van der Waals surface area (Å²) in [5.74, 6) is 0.689. The molecule has 2 aromatic carbocycles. The van der Waals surface area contributed by atoms with Crippen molar-refractivity contribution in [1.29, 1.82) is 0 Å². The summed E-state index contributed by atoms with van der Waals surface area (Å²) >= 11 is 0. The van der Waals surface area contributed by atoms with Crippen molar-refractivity contribution < 1.29 is 4.79 Å². The summed E-state index contributed by atoms with van der Waals surface area (Å²) in [5, 5.41) is 7.74. The van der Waals surface area contributed by atoms with Crippen LogP contribution in [0.5, 0.6) is 0 Å². The highest BCUT2D eigenvalue weighted by Crippen LogP contribution is 2.18. The van der Waals surface area contributed by atoms with Gasteiger partial charge in [-0.3, -0.25) is 9.59 Å². The molecule has 7 nitrogen and oxygen atoms in total. The number of hydrogen-bond acceptors (Lipinski definition) is 4. The van der Waals surface area contributed by atoms with Crippen molar-refractivity contribution in [2.75, 3.05) is 6.54 Å². The van der Waals surface area contributed by atoms with Gasteiger partial charge in [-0.1, -0.05) is 55.5 Å². The number of nitrogens with zero attached hydrogens (tertiary/aromatic N) is 3. The fourth-order valence-electron chi connectivity index (χ4n) is 3.62. The predicted molar refractivity (Wildman–Crippen MR) is 120 cm³/mol. The Balaban J connectivity index is 1.43. The molecule has 0 aliphatic rings. The molecule has 2 N–H and O–H groups in total. The molecule has 2 aromatic heterocycles. The number of para-hydroxylation sites is 1. The van der Waals surface area contributed by atoms with Gasteiger partial charge in [-0.15, -0.1) is 0 Å². The van der Waals surface area contributed by atoms with Crippen LogP contribution in [-0.2, 0) is 11.2 Å². The predicted octanol–water partition coefficient (Wildman–Crippen LogP) is 3.35. The minimum absolute atomic E-state index is 0.0614. The molecule has 2 heterocycles. The molecule has 0 spiro atoms. The topological polar surface area (TPSA) is 92.7 Å². The fourth-order valence-corrected chi connectivity index (χ4v) is 3.62. The second kappa shape index (κ2) is 9.38. The molecule has 0 aliphatic heterocycles. The summed E-state index contributed by atoms with van der Waals surface area (Å²) in [6, 6.07) is 19.7. The molecule has 0 fully saturated rings. The second-order valence-electron chi connectivity index (χ2n) is 7.46. The molecular formula is C24H25N5O2. The second-order valence-corrected chi connectivity index (χ2v) is 7.46. The SMILES string of the molecule is CC[C@@H](CNC(=O)CCc1nc2c(cnn2-c2ccccc2)c(=O)[nH]1)c1ccccc1. The lowest BCUT2D eigenvalue weighted by atomic mass is 9.96. The van der Waals surface area contributed by atoms with E-state index in [-0.39, 0.29) is 23.8 Å². The molecule has 4 aromatic rings. The number of H-pyrrole nitrogens is 1. The van der Waals surface area contributed by atoms with Crippen LogP contribution in [0.2, 0.25) is 0 Å². The Morgan fingerprint density at radius 1 is 1.10 bits per heavy atom. The van der Waals surface area contributed by atoms with Gasteiger partial charge >= 0.3 is 0 Å². The molecule has 1 amide bonds. The summed E-state index contributed by atoms with van der Waals surface area (Å²) in [6.45, 7) is 2.70. The van der Waals surface area contributed by atoms with Crippen molar-refractivity contribution in [3.63, 3.8) is 0 Å². The smallest absolute Gasteiger partial charge is 0.262 e. The third kappa shape index (κ3) is 4.71. The van der Waals surface area contributed by atoms with Crippen LogP contribution in [0.4, 0.5) is 0 Å². The third-order valence-electron chi connectivity index (χ3n) is 5.39. The van der Waals surface area contributed by atoms with Gasteiger partial charge in [0.15, 0.2) is 5.65 Å². The van der Waals surface area contributed by atoms with Crippen LogP contribution in [0, 0.1) is 0 Å². The van der Waals surface area contributed by atoms with Crippen LogP contribution in [0.15, 0.2) is 71.7 Å². The van der Waals surface area contributed by atoms with Crippen LogP contribution >= 0.6 is 0 Å². The summed E-state index contributed by atoms with van der Waals surface area (Å²) in [4.78, 5) is 32.2. The molecule has 31 heavy (non-hydrogen) atoms. The Labute approximate surface area is 180 Å². The lowest BCUT2D eigenvalue weighted by molar-refractivity contribution is -0.121. The first-order chi connectivity index (χ1) is 15.2. The fraction of sp³-hybridized carbons (Fsp3) is 0.250. The molecule has 7 heteroatoms. The van der Waals surface area contributed by atoms with Crippen molar-refractivity contribution >= 4 is 16.9 Å². The Bertz CT molecular complexity index is 1220. The molecular weight excluding hydrogens is 390 g/mol. The summed E-state index contributed by atoms with van der Waals surface area (Å²) in [6.07, 6.45) is 3.05. The van der Waals surface area contributed by atoms with Crippen molar-refractivity contribution in [2.45, 2.75) is 32.1 Å². The summed E-state index contributed by atoms with van der Waals surface area (Å²) in [5.41, 5.74) is 2.28. The minimum Gasteiger partial charge on any atom is -0.355 e. The van der Waals surface area contributed by atoms with Gasteiger partial charge in [0.1, 0.15) is 11.2 Å². The molecule has 0 saturated carbocycles.